The summed E-state index contributed by atoms with van der Waals surface area (Å²) >= 11 is 3.39. The molecular formula is C16H17N3OS2. The van der Waals surface area contributed by atoms with E-state index >= 15 is 0 Å². The van der Waals surface area contributed by atoms with E-state index in [1.807, 2.05) is 11.8 Å². The van der Waals surface area contributed by atoms with Gasteiger partial charge in [-0.05, 0) is 30.9 Å². The SMILES string of the molecule is CSc1ccc(C2SCC(=O)N2Cc2cnc(C)cn2)cc1. The summed E-state index contributed by atoms with van der Waals surface area (Å²) in [5, 5.41) is 0.0616. The van der Waals surface area contributed by atoms with Crippen molar-refractivity contribution in [1.82, 2.24) is 14.9 Å². The maximum absolute atomic E-state index is 12.2. The highest BCUT2D eigenvalue weighted by atomic mass is 32.2. The lowest BCUT2D eigenvalue weighted by molar-refractivity contribution is -0.128. The molecule has 6 heteroatoms. The quantitative estimate of drug-likeness (QED) is 0.805. The number of benzene rings is 1. The predicted octanol–water partition coefficient (Wildman–Crippen LogP) is 3.28. The number of carbonyl (C=O) groups is 1. The fraction of sp³-hybridized carbons (Fsp3) is 0.312. The first-order chi connectivity index (χ1) is 10.7. The minimum atomic E-state index is 0.0616. The van der Waals surface area contributed by atoms with E-state index in [4.69, 9.17) is 0 Å². The van der Waals surface area contributed by atoms with E-state index in [0.717, 1.165) is 17.0 Å². The lowest BCUT2D eigenvalue weighted by atomic mass is 10.2. The molecule has 2 aromatic rings. The first-order valence-corrected chi connectivity index (χ1v) is 9.27. The first kappa shape index (κ1) is 15.4. The van der Waals surface area contributed by atoms with Gasteiger partial charge in [0.05, 0.1) is 29.9 Å². The van der Waals surface area contributed by atoms with E-state index in [0.29, 0.717) is 12.3 Å². The van der Waals surface area contributed by atoms with Crippen molar-refractivity contribution in [3.05, 3.63) is 53.6 Å². The van der Waals surface area contributed by atoms with Gasteiger partial charge in [0.15, 0.2) is 0 Å². The van der Waals surface area contributed by atoms with Crippen LogP contribution in [0.2, 0.25) is 0 Å². The van der Waals surface area contributed by atoms with Gasteiger partial charge in [0.1, 0.15) is 5.37 Å². The lowest BCUT2D eigenvalue weighted by Crippen LogP contribution is -2.28. The molecule has 0 radical (unpaired) electrons. The average Bonchev–Trinajstić information content (AvgIpc) is 2.91. The van der Waals surface area contributed by atoms with E-state index in [1.165, 1.54) is 4.90 Å². The van der Waals surface area contributed by atoms with Crippen molar-refractivity contribution in [3.8, 4) is 0 Å². The second kappa shape index (κ2) is 6.71. The highest BCUT2D eigenvalue weighted by Gasteiger charge is 2.33. The van der Waals surface area contributed by atoms with Gasteiger partial charge in [0.25, 0.3) is 0 Å². The third-order valence-corrected chi connectivity index (χ3v) is 5.54. The Bertz CT molecular complexity index is 658. The van der Waals surface area contributed by atoms with Crippen molar-refractivity contribution in [1.29, 1.82) is 0 Å². The van der Waals surface area contributed by atoms with Crippen LogP contribution < -0.4 is 0 Å². The van der Waals surface area contributed by atoms with Crippen molar-refractivity contribution in [3.63, 3.8) is 0 Å². The number of nitrogens with zero attached hydrogens (tertiary/aromatic N) is 3. The van der Waals surface area contributed by atoms with E-state index in [9.17, 15) is 4.79 Å². The zero-order valence-electron chi connectivity index (χ0n) is 12.5. The smallest absolute Gasteiger partial charge is 0.234 e. The molecule has 22 heavy (non-hydrogen) atoms. The van der Waals surface area contributed by atoms with Gasteiger partial charge in [0, 0.05) is 11.1 Å². The fourth-order valence-corrected chi connectivity index (χ4v) is 3.94. The Hall–Kier alpha value is -1.53. The van der Waals surface area contributed by atoms with Crippen LogP contribution in [0.25, 0.3) is 0 Å². The number of carbonyl (C=O) groups excluding carboxylic acids is 1. The second-order valence-electron chi connectivity index (χ2n) is 5.11. The van der Waals surface area contributed by atoms with Gasteiger partial charge in [0.2, 0.25) is 5.91 Å². The highest BCUT2D eigenvalue weighted by molar-refractivity contribution is 8.00. The predicted molar refractivity (Wildman–Crippen MR) is 90.7 cm³/mol. The summed E-state index contributed by atoms with van der Waals surface area (Å²) in [7, 11) is 0. The van der Waals surface area contributed by atoms with E-state index < -0.39 is 0 Å². The average molecular weight is 331 g/mol. The van der Waals surface area contributed by atoms with Gasteiger partial charge >= 0.3 is 0 Å². The maximum Gasteiger partial charge on any atom is 0.234 e. The lowest BCUT2D eigenvalue weighted by Gasteiger charge is -2.24. The number of aromatic nitrogens is 2. The molecule has 1 atom stereocenters. The summed E-state index contributed by atoms with van der Waals surface area (Å²) in [5.74, 6) is 0.681. The Kier molecular flexibility index (Phi) is 4.69. The Morgan fingerprint density at radius 3 is 2.68 bits per heavy atom. The van der Waals surface area contributed by atoms with Gasteiger partial charge in [-0.3, -0.25) is 14.8 Å². The molecule has 1 aromatic heterocycles. The molecule has 114 valence electrons. The molecule has 1 unspecified atom stereocenters. The monoisotopic (exact) mass is 331 g/mol. The molecule has 2 heterocycles. The van der Waals surface area contributed by atoms with Crippen LogP contribution >= 0.6 is 23.5 Å². The molecule has 1 amide bonds. The summed E-state index contributed by atoms with van der Waals surface area (Å²) in [6.45, 7) is 2.41. The first-order valence-electron chi connectivity index (χ1n) is 7.00. The molecule has 0 saturated carbocycles. The normalized spacial score (nSPS) is 18.0. The molecule has 1 aliphatic heterocycles. The molecule has 1 aromatic carbocycles. The van der Waals surface area contributed by atoms with Crippen LogP contribution in [0.4, 0.5) is 0 Å². The van der Waals surface area contributed by atoms with Gasteiger partial charge in [-0.25, -0.2) is 0 Å². The Morgan fingerprint density at radius 2 is 2.05 bits per heavy atom. The van der Waals surface area contributed by atoms with Gasteiger partial charge in [-0.1, -0.05) is 12.1 Å². The molecule has 0 bridgehead atoms. The number of hydrogen-bond donors (Lipinski definition) is 0. The molecule has 0 N–H and O–H groups in total. The third-order valence-electron chi connectivity index (χ3n) is 3.54. The molecule has 1 fully saturated rings. The molecule has 1 aliphatic rings. The van der Waals surface area contributed by atoms with Crippen molar-refractivity contribution in [2.45, 2.75) is 23.7 Å². The minimum Gasteiger partial charge on any atom is -0.320 e. The summed E-state index contributed by atoms with van der Waals surface area (Å²) in [5.41, 5.74) is 2.87. The zero-order chi connectivity index (χ0) is 15.5. The molecular weight excluding hydrogens is 314 g/mol. The van der Waals surface area contributed by atoms with Gasteiger partial charge in [-0.2, -0.15) is 0 Å². The van der Waals surface area contributed by atoms with Crippen LogP contribution in [-0.4, -0.2) is 32.8 Å². The third kappa shape index (κ3) is 3.28. The van der Waals surface area contributed by atoms with Crippen LogP contribution in [0.3, 0.4) is 0 Å². The fourth-order valence-electron chi connectivity index (χ4n) is 2.35. The van der Waals surface area contributed by atoms with Gasteiger partial charge < -0.3 is 4.90 Å². The highest BCUT2D eigenvalue weighted by Crippen LogP contribution is 2.39. The van der Waals surface area contributed by atoms with E-state index in [1.54, 1.807) is 35.9 Å². The molecule has 1 saturated heterocycles. The Morgan fingerprint density at radius 1 is 1.27 bits per heavy atom. The van der Waals surface area contributed by atoms with Crippen LogP contribution in [-0.2, 0) is 11.3 Å². The van der Waals surface area contributed by atoms with Crippen LogP contribution in [0.1, 0.15) is 22.3 Å². The second-order valence-corrected chi connectivity index (χ2v) is 7.06. The van der Waals surface area contributed by atoms with E-state index in [2.05, 4.69) is 40.5 Å². The Balaban J connectivity index is 1.80. The van der Waals surface area contributed by atoms with Crippen LogP contribution in [0.15, 0.2) is 41.6 Å². The topological polar surface area (TPSA) is 46.1 Å². The van der Waals surface area contributed by atoms with Crippen LogP contribution in [0, 0.1) is 6.92 Å². The number of amides is 1. The van der Waals surface area contributed by atoms with E-state index in [-0.39, 0.29) is 11.3 Å². The van der Waals surface area contributed by atoms with Gasteiger partial charge in [-0.15, -0.1) is 23.5 Å². The van der Waals surface area contributed by atoms with Crippen molar-refractivity contribution >= 4 is 29.4 Å². The summed E-state index contributed by atoms with van der Waals surface area (Å²) in [6.07, 6.45) is 5.55. The molecule has 3 rings (SSSR count). The standard InChI is InChI=1S/C16H17N3OS2/c1-11-7-18-13(8-17-11)9-19-15(20)10-22-16(19)12-3-5-14(21-2)6-4-12/h3-8,16H,9-10H2,1-2H3. The Labute approximate surface area is 138 Å². The summed E-state index contributed by atoms with van der Waals surface area (Å²) in [4.78, 5) is 23.9. The number of rotatable bonds is 4. The van der Waals surface area contributed by atoms with Crippen molar-refractivity contribution in [2.75, 3.05) is 12.0 Å². The van der Waals surface area contributed by atoms with Crippen molar-refractivity contribution < 1.29 is 4.79 Å². The van der Waals surface area contributed by atoms with Crippen molar-refractivity contribution in [2.24, 2.45) is 0 Å². The van der Waals surface area contributed by atoms with Crippen LogP contribution in [0.5, 0.6) is 0 Å². The number of thioether (sulfide) groups is 2. The largest absolute Gasteiger partial charge is 0.320 e. The number of hydrogen-bond acceptors (Lipinski definition) is 5. The molecule has 0 aliphatic carbocycles. The molecule has 0 spiro atoms. The zero-order valence-corrected chi connectivity index (χ0v) is 14.2. The summed E-state index contributed by atoms with van der Waals surface area (Å²) in [6, 6.07) is 8.42. The summed E-state index contributed by atoms with van der Waals surface area (Å²) < 4.78 is 0. The maximum atomic E-state index is 12.2. The number of aryl methyl sites for hydroxylation is 1. The minimum absolute atomic E-state index is 0.0616. The molecule has 4 nitrogen and oxygen atoms in total.